The Kier molecular flexibility index (Phi) is 31.3. The summed E-state index contributed by atoms with van der Waals surface area (Å²) < 4.78 is 23.1. The molecule has 11 aliphatic heterocycles. The van der Waals surface area contributed by atoms with Crippen molar-refractivity contribution in [2.24, 2.45) is 0 Å². The van der Waals surface area contributed by atoms with Crippen LogP contribution in [0, 0.1) is 0 Å². The minimum Gasteiger partial charge on any atom is -0.460 e. The zero-order chi connectivity index (χ0) is 109. The van der Waals surface area contributed by atoms with Crippen LogP contribution in [0.25, 0.3) is 0 Å². The zero-order valence-corrected chi connectivity index (χ0v) is 102. The number of nitrogens with one attached hydrogen (secondary N) is 8. The van der Waals surface area contributed by atoms with E-state index in [4.69, 9.17) is 59.1 Å². The summed E-state index contributed by atoms with van der Waals surface area (Å²) in [5, 5.41) is 33.0. The van der Waals surface area contributed by atoms with E-state index in [2.05, 4.69) is 412 Å². The van der Waals surface area contributed by atoms with Gasteiger partial charge >= 0.3 is 18.0 Å². The normalized spacial score (nSPS) is 28.5. The second-order valence-electron chi connectivity index (χ2n) is 63.6. The first-order valence-corrected chi connectivity index (χ1v) is 57.5. The molecule has 8 N–H and O–H groups in total. The second-order valence-corrected chi connectivity index (χ2v) is 63.6. The summed E-state index contributed by atoms with van der Waals surface area (Å²) >= 11 is 0. The Balaban J connectivity index is 0.987. The molecular formula is C117H216N26O3. The van der Waals surface area contributed by atoms with Gasteiger partial charge in [-0.2, -0.15) is 44.9 Å². The number of rotatable bonds is 28. The van der Waals surface area contributed by atoms with Crippen molar-refractivity contribution in [3.05, 3.63) is 0 Å². The van der Waals surface area contributed by atoms with Crippen LogP contribution in [0.2, 0.25) is 0 Å². The summed E-state index contributed by atoms with van der Waals surface area (Å²) in [7, 11) is 6.85. The van der Waals surface area contributed by atoms with Crippen molar-refractivity contribution in [2.75, 3.05) is 76.7 Å². The van der Waals surface area contributed by atoms with E-state index in [1.807, 2.05) is 0 Å². The van der Waals surface area contributed by atoms with Crippen molar-refractivity contribution in [2.45, 2.75) is 647 Å². The van der Waals surface area contributed by atoms with Crippen LogP contribution < -0.4 is 86.1 Å². The van der Waals surface area contributed by atoms with Crippen molar-refractivity contribution in [3.63, 3.8) is 0 Å². The molecule has 0 aliphatic carbocycles. The van der Waals surface area contributed by atoms with Crippen LogP contribution in [-0.4, -0.2) is 295 Å². The predicted molar refractivity (Wildman–Crippen MR) is 606 cm³/mol. The molecule has 0 unspecified atom stereocenters. The van der Waals surface area contributed by atoms with Crippen molar-refractivity contribution >= 4 is 35.7 Å². The second kappa shape index (κ2) is 39.3. The average Bonchev–Trinajstić information content (AvgIpc) is 0.747. The van der Waals surface area contributed by atoms with E-state index in [9.17, 15) is 0 Å². The average molecular weight is 2040 g/mol. The van der Waals surface area contributed by atoms with Crippen molar-refractivity contribution in [1.29, 1.82) is 0 Å². The number of likely N-dealkylation sites (tertiary alicyclic amines) is 3. The number of anilines is 6. The molecule has 832 valence electrons. The third-order valence-corrected chi connectivity index (χ3v) is 36.1. The lowest BCUT2D eigenvalue weighted by Crippen LogP contribution is -2.67. The zero-order valence-electron chi connectivity index (χ0n) is 102. The van der Waals surface area contributed by atoms with E-state index < -0.39 is 0 Å². The van der Waals surface area contributed by atoms with Crippen molar-refractivity contribution in [3.8, 4) is 18.0 Å². The maximum atomic E-state index is 7.76. The Morgan fingerprint density at radius 1 is 0.199 bits per heavy atom. The van der Waals surface area contributed by atoms with Crippen molar-refractivity contribution in [1.82, 2.24) is 102 Å². The van der Waals surface area contributed by atoms with Gasteiger partial charge in [0.15, 0.2) is 0 Å². The summed E-state index contributed by atoms with van der Waals surface area (Å²) in [5.74, 6) is 4.03. The molecule has 0 radical (unpaired) electrons. The number of nitrogens with zero attached hydrogens (tertiary/aromatic N) is 18. The molecule has 3 aromatic heterocycles. The molecule has 29 nitrogen and oxygen atoms in total. The molecule has 0 spiro atoms. The third kappa shape index (κ3) is 28.4. The molecule has 0 bridgehead atoms. The summed E-state index contributed by atoms with van der Waals surface area (Å²) in [6.45, 7) is 107. The highest BCUT2D eigenvalue weighted by Crippen LogP contribution is 2.51. The lowest BCUT2D eigenvalue weighted by atomic mass is 9.75. The first-order chi connectivity index (χ1) is 66.0. The lowest BCUT2D eigenvalue weighted by molar-refractivity contribution is -0.0583. The van der Waals surface area contributed by atoms with E-state index in [0.29, 0.717) is 92.7 Å². The number of hydrogen-bond donors (Lipinski definition) is 8. The van der Waals surface area contributed by atoms with Gasteiger partial charge in [-0.05, 0) is 441 Å². The van der Waals surface area contributed by atoms with Gasteiger partial charge in [-0.1, -0.05) is 0 Å². The van der Waals surface area contributed by atoms with Crippen LogP contribution in [0.1, 0.15) is 459 Å². The summed E-state index contributed by atoms with van der Waals surface area (Å²) in [6.07, 6.45) is 19.8. The van der Waals surface area contributed by atoms with E-state index in [1.54, 1.807) is 0 Å². The van der Waals surface area contributed by atoms with Gasteiger partial charge in [-0.3, -0.25) is 14.7 Å². The van der Waals surface area contributed by atoms with E-state index in [0.717, 1.165) is 141 Å². The Morgan fingerprint density at radius 2 is 0.349 bits per heavy atom. The summed E-state index contributed by atoms with van der Waals surface area (Å²) in [5.41, 5.74) is -4.53. The molecule has 0 aromatic carbocycles. The first kappa shape index (κ1) is 116. The van der Waals surface area contributed by atoms with Crippen LogP contribution in [0.15, 0.2) is 0 Å². The smallest absolute Gasteiger partial charge is 0.323 e. The third-order valence-electron chi connectivity index (χ3n) is 36.1. The van der Waals surface area contributed by atoms with Crippen LogP contribution in [0.4, 0.5) is 35.7 Å². The van der Waals surface area contributed by atoms with Crippen molar-refractivity contribution < 1.29 is 14.2 Å². The Bertz CT molecular complexity index is 4500. The Morgan fingerprint density at radius 3 is 0.527 bits per heavy atom. The molecule has 146 heavy (non-hydrogen) atoms. The number of hydrogen-bond acceptors (Lipinski definition) is 29. The van der Waals surface area contributed by atoms with Gasteiger partial charge in [-0.15, -0.1) is 0 Å². The summed E-state index contributed by atoms with van der Waals surface area (Å²) in [6, 6.07) is 1.57. The van der Waals surface area contributed by atoms with Gasteiger partial charge < -0.3 is 86.1 Å². The minimum atomic E-state index is -0.264. The highest BCUT2D eigenvalue weighted by Gasteiger charge is 2.57. The minimum absolute atomic E-state index is 0.0154. The fourth-order valence-corrected chi connectivity index (χ4v) is 33.2. The predicted octanol–water partition coefficient (Wildman–Crippen LogP) is 19.8. The fourth-order valence-electron chi connectivity index (χ4n) is 33.2. The monoisotopic (exact) mass is 2030 g/mol. The molecule has 14 heterocycles. The van der Waals surface area contributed by atoms with E-state index >= 15 is 0 Å². The number of aromatic nitrogens is 9. The maximum absolute atomic E-state index is 7.76. The SMILES string of the molecule is CN1C(C)(C)CC(Oc2nc(N(CCCN(c3nc(OC4CC(C)(C)N(C)C(C)(C)C4)nc(N(C4CC(C)(C)NC(C)(C)C4)C4CC(C)(C)NC(C)(C)C4)n3)C3CC(C)(C)NC(C)(C)C3)CCCN(c3nc(OC4CC(C)(C)N(C)C(C)(C)C4)nc(N(C4CC(C)(C)NC(C)(C)C4)C4CC(C)(C)NC(C)(C)C4)n3)C3CC(C)(C)NC(C)(C)C3)nc(N(C3CC(C)(C)NC(C)(C)C3)C3CC(C)(C)NC(C)(C)C3)n2)CC1(C)C. The van der Waals surface area contributed by atoms with Gasteiger partial charge in [0.1, 0.15) is 18.3 Å². The topological polar surface area (TPSA) is 269 Å². The molecule has 0 atom stereocenters. The first-order valence-electron chi connectivity index (χ1n) is 57.5. The standard InChI is InChI=1S/C117H216N26O3/c1-96(2)54-76(55-97(3,4)127-96)139(88-119-91(125-94(122-88)145-85-72-114(37,38)136(46)115(39,40)73-85)142(80-62-104(17,18)131-105(19,20)63-80)81-64-106(21,22)132-107(23,24)65-81)52-48-50-138(87-118-90(124-93(121-87)144-84-70-112(33,34)135(45)113(35,36)71-84)141(78-58-100(9,10)129-101(11,12)59-78)79-60-102(13,14)130-103(15,16)61-79)51-49-53-140(77-56-98(5,6)128-99(7,8)57-77)89-120-92(126-95(123-89)146-86-74-116(41,42)137(47)117(43,44)75-86)143(82-66-108(25,26)133-109(27,28)67-82)83-68-110(29,30)134-111(31,32)69-83/h76-86,127-134H,48-75H2,1-47H3. The van der Waals surface area contributed by atoms with Gasteiger partial charge in [-0.25, -0.2) is 0 Å². The molecule has 11 aliphatic rings. The highest BCUT2D eigenvalue weighted by atomic mass is 16.5. The van der Waals surface area contributed by atoms with Crippen LogP contribution >= 0.6 is 0 Å². The molecule has 14 rings (SSSR count). The Labute approximate surface area is 888 Å². The maximum Gasteiger partial charge on any atom is 0.323 e. The molecule has 0 saturated carbocycles. The molecular weight excluding hydrogens is 1820 g/mol. The largest absolute Gasteiger partial charge is 0.460 e. The molecule has 0 amide bonds. The number of piperidine rings is 11. The van der Waals surface area contributed by atoms with Crippen LogP contribution in [-0.2, 0) is 0 Å². The van der Waals surface area contributed by atoms with Crippen LogP contribution in [0.3, 0.4) is 0 Å². The quantitative estimate of drug-likeness (QED) is 0.0336. The molecule has 11 saturated heterocycles. The van der Waals surface area contributed by atoms with Gasteiger partial charge in [0, 0.05) is 235 Å². The molecule has 3 aromatic rings. The lowest BCUT2D eigenvalue weighted by Gasteiger charge is -2.55. The highest BCUT2D eigenvalue weighted by molar-refractivity contribution is 5.49. The molecule has 11 fully saturated rings. The van der Waals surface area contributed by atoms with E-state index in [-0.39, 0.29) is 189 Å². The van der Waals surface area contributed by atoms with Gasteiger partial charge in [0.05, 0.1) is 0 Å². The van der Waals surface area contributed by atoms with E-state index in [1.165, 1.54) is 0 Å². The molecule has 29 heteroatoms. The van der Waals surface area contributed by atoms with Gasteiger partial charge in [0.2, 0.25) is 35.7 Å². The number of ether oxygens (including phenoxy) is 3. The Hall–Kier alpha value is -5.21. The van der Waals surface area contributed by atoms with Crippen LogP contribution in [0.5, 0.6) is 18.0 Å². The summed E-state index contributed by atoms with van der Waals surface area (Å²) in [4.78, 5) is 77.5. The fraction of sp³-hybridized carbons (Fsp3) is 0.923. The van der Waals surface area contributed by atoms with Gasteiger partial charge in [0.25, 0.3) is 0 Å².